The lowest BCUT2D eigenvalue weighted by Crippen LogP contribution is -2.46. The Hall–Kier alpha value is -3.30. The van der Waals surface area contributed by atoms with Gasteiger partial charge in [0.2, 0.25) is 0 Å². The van der Waals surface area contributed by atoms with E-state index in [4.69, 9.17) is 4.74 Å². The van der Waals surface area contributed by atoms with Crippen LogP contribution in [-0.4, -0.2) is 71.2 Å². The molecule has 9 heteroatoms. The molecule has 0 radical (unpaired) electrons. The number of amides is 1. The van der Waals surface area contributed by atoms with Gasteiger partial charge in [0.25, 0.3) is 11.5 Å². The number of carbonyl (C=O) groups excluding carboxylic acids is 1. The van der Waals surface area contributed by atoms with Crippen molar-refractivity contribution in [3.8, 4) is 0 Å². The number of carbonyl (C=O) groups is 1. The lowest BCUT2D eigenvalue weighted by atomic mass is 10.1. The Balaban J connectivity index is 1.19. The van der Waals surface area contributed by atoms with Gasteiger partial charge in [-0.05, 0) is 49.6 Å². The number of H-pyrrole nitrogens is 1. The zero-order valence-corrected chi connectivity index (χ0v) is 20.3. The van der Waals surface area contributed by atoms with Crippen molar-refractivity contribution in [2.45, 2.75) is 39.3 Å². The van der Waals surface area contributed by atoms with Crippen LogP contribution in [0.4, 0.5) is 5.69 Å². The van der Waals surface area contributed by atoms with Gasteiger partial charge in [-0.25, -0.2) is 4.98 Å². The first-order valence-electron chi connectivity index (χ1n) is 12.3. The number of anilines is 1. The van der Waals surface area contributed by atoms with Gasteiger partial charge in [0.05, 0.1) is 35.1 Å². The number of nitrogens with one attached hydrogen (secondary N) is 2. The third kappa shape index (κ3) is 5.21. The molecule has 2 N–H and O–H groups in total. The van der Waals surface area contributed by atoms with Gasteiger partial charge in [-0.15, -0.1) is 0 Å². The number of hydrogen-bond donors (Lipinski definition) is 2. The molecule has 1 amide bonds. The maximum Gasteiger partial charge on any atom is 0.270 e. The predicted octanol–water partition coefficient (Wildman–Crippen LogP) is 2.03. The van der Waals surface area contributed by atoms with E-state index in [9.17, 15) is 9.59 Å². The monoisotopic (exact) mass is 476 g/mol. The number of rotatable bonds is 6. The quantitative estimate of drug-likeness (QED) is 0.561. The molecule has 184 valence electrons. The zero-order chi connectivity index (χ0) is 24.4. The van der Waals surface area contributed by atoms with Crippen molar-refractivity contribution >= 4 is 22.6 Å². The summed E-state index contributed by atoms with van der Waals surface area (Å²) in [4.78, 5) is 41.5. The summed E-state index contributed by atoms with van der Waals surface area (Å²) >= 11 is 0. The molecule has 0 spiro atoms. The van der Waals surface area contributed by atoms with Gasteiger partial charge >= 0.3 is 0 Å². The number of hydrogen-bond acceptors (Lipinski definition) is 7. The van der Waals surface area contributed by atoms with E-state index in [1.54, 1.807) is 0 Å². The van der Waals surface area contributed by atoms with E-state index in [-0.39, 0.29) is 17.5 Å². The molecule has 9 nitrogen and oxygen atoms in total. The Kier molecular flexibility index (Phi) is 6.79. The number of nitrogens with zero attached hydrogens (tertiary/aromatic N) is 4. The standard InChI is InChI=1S/C26H32N6O3/c1-3-19-13-22-23(30-25(19)33)12-18(14-27-22)15-31-7-9-32(10-8-31)24-5-4-21(28-17(24)2)26(34)29-20-6-11-35-16-20/h4-5,12-14,20H,3,6-11,15-16H2,1-2H3,(H,29,34)(H,30,33)/t20-/m1/s1. The molecular weight excluding hydrogens is 444 g/mol. The highest BCUT2D eigenvalue weighted by atomic mass is 16.5. The van der Waals surface area contributed by atoms with Gasteiger partial charge in [0.1, 0.15) is 5.69 Å². The second-order valence-corrected chi connectivity index (χ2v) is 9.35. The molecule has 2 aliphatic heterocycles. The Morgan fingerprint density at radius 1 is 1.23 bits per heavy atom. The maximum absolute atomic E-state index is 12.5. The van der Waals surface area contributed by atoms with Gasteiger partial charge in [0.15, 0.2) is 0 Å². The summed E-state index contributed by atoms with van der Waals surface area (Å²) in [6.07, 6.45) is 3.45. The second-order valence-electron chi connectivity index (χ2n) is 9.35. The number of fused-ring (bicyclic) bond motifs is 1. The van der Waals surface area contributed by atoms with Crippen LogP contribution in [0.5, 0.6) is 0 Å². The molecule has 3 aromatic rings. The van der Waals surface area contributed by atoms with Crippen LogP contribution in [0.1, 0.15) is 40.7 Å². The van der Waals surface area contributed by atoms with Gasteiger partial charge in [-0.2, -0.15) is 0 Å². The summed E-state index contributed by atoms with van der Waals surface area (Å²) in [5, 5.41) is 3.00. The Labute approximate surface area is 204 Å². The molecular formula is C26H32N6O3. The highest BCUT2D eigenvalue weighted by molar-refractivity contribution is 5.92. The van der Waals surface area contributed by atoms with Crippen molar-refractivity contribution < 1.29 is 9.53 Å². The summed E-state index contributed by atoms with van der Waals surface area (Å²) < 4.78 is 5.33. The first-order valence-corrected chi connectivity index (χ1v) is 12.3. The average molecular weight is 477 g/mol. The highest BCUT2D eigenvalue weighted by Gasteiger charge is 2.22. The molecule has 2 aliphatic rings. The summed E-state index contributed by atoms with van der Waals surface area (Å²) in [5.41, 5.74) is 5.81. The number of ether oxygens (including phenoxy) is 1. The topological polar surface area (TPSA) is 103 Å². The van der Waals surface area contributed by atoms with Crippen LogP contribution in [0.3, 0.4) is 0 Å². The Bertz CT molecular complexity index is 1280. The summed E-state index contributed by atoms with van der Waals surface area (Å²) in [6.45, 7) is 9.56. The van der Waals surface area contributed by atoms with E-state index < -0.39 is 0 Å². The molecule has 1 atom stereocenters. The fourth-order valence-electron chi connectivity index (χ4n) is 4.84. The largest absolute Gasteiger partial charge is 0.379 e. The van der Waals surface area contributed by atoms with E-state index in [1.807, 2.05) is 44.3 Å². The number of aromatic nitrogens is 3. The average Bonchev–Trinajstić information content (AvgIpc) is 3.37. The van der Waals surface area contributed by atoms with Crippen LogP contribution < -0.4 is 15.8 Å². The van der Waals surface area contributed by atoms with Crippen molar-refractivity contribution in [3.63, 3.8) is 0 Å². The Morgan fingerprint density at radius 2 is 2.06 bits per heavy atom. The smallest absolute Gasteiger partial charge is 0.270 e. The molecule has 35 heavy (non-hydrogen) atoms. The molecule has 0 bridgehead atoms. The van der Waals surface area contributed by atoms with E-state index in [2.05, 4.69) is 30.1 Å². The molecule has 2 saturated heterocycles. The SMILES string of the molecule is CCc1cc2ncc(CN3CCN(c4ccc(C(=O)N[C@@H]5CCOC5)nc4C)CC3)cc2[nH]c1=O. The van der Waals surface area contributed by atoms with Crippen molar-refractivity contribution in [1.82, 2.24) is 25.2 Å². The zero-order valence-electron chi connectivity index (χ0n) is 20.3. The van der Waals surface area contributed by atoms with E-state index >= 15 is 0 Å². The minimum atomic E-state index is -0.142. The van der Waals surface area contributed by atoms with Crippen LogP contribution >= 0.6 is 0 Å². The van der Waals surface area contributed by atoms with Crippen molar-refractivity contribution in [2.24, 2.45) is 0 Å². The van der Waals surface area contributed by atoms with Crippen molar-refractivity contribution in [2.75, 3.05) is 44.3 Å². The Morgan fingerprint density at radius 3 is 2.77 bits per heavy atom. The van der Waals surface area contributed by atoms with Gasteiger partial charge in [-0.3, -0.25) is 19.5 Å². The highest BCUT2D eigenvalue weighted by Crippen LogP contribution is 2.22. The van der Waals surface area contributed by atoms with Gasteiger partial charge < -0.3 is 19.9 Å². The molecule has 2 fully saturated rings. The minimum absolute atomic E-state index is 0.0346. The normalized spacial score (nSPS) is 18.8. The number of aryl methyl sites for hydroxylation is 2. The maximum atomic E-state index is 12.5. The number of piperazine rings is 1. The third-order valence-corrected chi connectivity index (χ3v) is 6.88. The number of aromatic amines is 1. The molecule has 0 saturated carbocycles. The summed E-state index contributed by atoms with van der Waals surface area (Å²) in [5.74, 6) is -0.142. The predicted molar refractivity (Wildman–Crippen MR) is 135 cm³/mol. The first kappa shape index (κ1) is 23.4. The lowest BCUT2D eigenvalue weighted by Gasteiger charge is -2.36. The summed E-state index contributed by atoms with van der Waals surface area (Å²) in [6, 6.07) is 7.80. The molecule has 5 rings (SSSR count). The first-order chi connectivity index (χ1) is 17.0. The van der Waals surface area contributed by atoms with Gasteiger partial charge in [-0.1, -0.05) is 6.92 Å². The van der Waals surface area contributed by atoms with E-state index in [0.717, 1.165) is 72.7 Å². The van der Waals surface area contributed by atoms with Crippen LogP contribution in [0, 0.1) is 6.92 Å². The second kappa shape index (κ2) is 10.1. The fourth-order valence-corrected chi connectivity index (χ4v) is 4.84. The number of pyridine rings is 3. The fraction of sp³-hybridized carbons (Fsp3) is 0.462. The molecule has 0 aromatic carbocycles. The van der Waals surface area contributed by atoms with E-state index in [0.29, 0.717) is 25.3 Å². The van der Waals surface area contributed by atoms with Crippen LogP contribution in [0.15, 0.2) is 35.3 Å². The van der Waals surface area contributed by atoms with Crippen LogP contribution in [0.2, 0.25) is 0 Å². The molecule has 0 unspecified atom stereocenters. The van der Waals surface area contributed by atoms with Gasteiger partial charge in [0, 0.05) is 51.1 Å². The molecule has 5 heterocycles. The minimum Gasteiger partial charge on any atom is -0.379 e. The van der Waals surface area contributed by atoms with Crippen LogP contribution in [-0.2, 0) is 17.7 Å². The molecule has 0 aliphatic carbocycles. The lowest BCUT2D eigenvalue weighted by molar-refractivity contribution is 0.0924. The van der Waals surface area contributed by atoms with Crippen molar-refractivity contribution in [1.29, 1.82) is 0 Å². The van der Waals surface area contributed by atoms with E-state index in [1.165, 1.54) is 0 Å². The van der Waals surface area contributed by atoms with Crippen LogP contribution in [0.25, 0.3) is 11.0 Å². The molecule has 3 aromatic heterocycles. The third-order valence-electron chi connectivity index (χ3n) is 6.88. The van der Waals surface area contributed by atoms with Crippen molar-refractivity contribution in [3.05, 3.63) is 63.3 Å². The summed E-state index contributed by atoms with van der Waals surface area (Å²) in [7, 11) is 0.